The van der Waals surface area contributed by atoms with Crippen molar-refractivity contribution in [2.75, 3.05) is 19.5 Å². The monoisotopic (exact) mass is 533 g/mol. The molecule has 0 aliphatic heterocycles. The van der Waals surface area contributed by atoms with Crippen LogP contribution in [-0.2, 0) is 20.7 Å². The Morgan fingerprint density at radius 1 is 0.949 bits per heavy atom. The number of amides is 3. The molecule has 0 fully saturated rings. The Labute approximate surface area is 228 Å². The summed E-state index contributed by atoms with van der Waals surface area (Å²) in [5.74, 6) is -0.439. The zero-order valence-electron chi connectivity index (χ0n) is 22.8. The molecule has 3 aromatic carbocycles. The van der Waals surface area contributed by atoms with Gasteiger partial charge < -0.3 is 30.1 Å². The molecule has 0 aliphatic rings. The molecule has 2 atom stereocenters. The molecule has 0 saturated carbocycles. The normalized spacial score (nSPS) is 12.5. The van der Waals surface area contributed by atoms with Gasteiger partial charge >= 0.3 is 6.09 Å². The minimum Gasteiger partial charge on any atom is -0.508 e. The van der Waals surface area contributed by atoms with Gasteiger partial charge in [-0.15, -0.1) is 0 Å². The molecule has 3 N–H and O–H groups in total. The number of phenols is 1. The molecule has 0 aliphatic carbocycles. The molecule has 0 heterocycles. The quantitative estimate of drug-likeness (QED) is 0.368. The number of anilines is 1. The van der Waals surface area contributed by atoms with Crippen LogP contribution in [0.15, 0.2) is 78.9 Å². The Hall–Kier alpha value is -4.53. The summed E-state index contributed by atoms with van der Waals surface area (Å²) in [7, 11) is 3.03. The highest BCUT2D eigenvalue weighted by Gasteiger charge is 2.34. The Kier molecular flexibility index (Phi) is 9.54. The zero-order valence-corrected chi connectivity index (χ0v) is 22.8. The molecule has 0 saturated heterocycles. The van der Waals surface area contributed by atoms with Gasteiger partial charge in [0.15, 0.2) is 0 Å². The number of nitrogens with zero attached hydrogens (tertiary/aromatic N) is 1. The summed E-state index contributed by atoms with van der Waals surface area (Å²) in [6, 6.07) is 20.0. The van der Waals surface area contributed by atoms with Gasteiger partial charge in [0, 0.05) is 19.2 Å². The SMILES string of the molecule is COc1ccc(NC(=O)C(c2cccc(O)c2)N(C)C(=O)C(Cc2ccccc2)NC(=O)OC(C)(C)C)cc1. The smallest absolute Gasteiger partial charge is 0.408 e. The maximum atomic E-state index is 13.9. The minimum absolute atomic E-state index is 0.0525. The maximum Gasteiger partial charge on any atom is 0.408 e. The van der Waals surface area contributed by atoms with Crippen molar-refractivity contribution in [1.29, 1.82) is 0 Å². The van der Waals surface area contributed by atoms with E-state index in [9.17, 15) is 19.5 Å². The molecule has 206 valence electrons. The second-order valence-electron chi connectivity index (χ2n) is 10.1. The summed E-state index contributed by atoms with van der Waals surface area (Å²) in [5.41, 5.74) is 0.947. The van der Waals surface area contributed by atoms with Crippen LogP contribution in [0.3, 0.4) is 0 Å². The molecule has 3 aromatic rings. The Bertz CT molecular complexity index is 1270. The Morgan fingerprint density at radius 2 is 1.62 bits per heavy atom. The molecule has 0 aromatic heterocycles. The molecule has 3 rings (SSSR count). The number of likely N-dealkylation sites (N-methyl/N-ethyl adjacent to an activating group) is 1. The number of rotatable bonds is 9. The van der Waals surface area contributed by atoms with Gasteiger partial charge in [0.1, 0.15) is 29.2 Å². The number of carbonyl (C=O) groups is 3. The zero-order chi connectivity index (χ0) is 28.6. The fraction of sp³-hybridized carbons (Fsp3) is 0.300. The molecule has 0 bridgehead atoms. The topological polar surface area (TPSA) is 117 Å². The van der Waals surface area contributed by atoms with E-state index in [4.69, 9.17) is 9.47 Å². The molecular formula is C30H35N3O6. The van der Waals surface area contributed by atoms with Crippen LogP contribution in [0, 0.1) is 0 Å². The molecule has 3 amide bonds. The average Bonchev–Trinajstić information content (AvgIpc) is 2.88. The second-order valence-corrected chi connectivity index (χ2v) is 10.1. The van der Waals surface area contributed by atoms with Crippen LogP contribution in [0.1, 0.15) is 37.9 Å². The lowest BCUT2D eigenvalue weighted by atomic mass is 10.0. The number of carbonyl (C=O) groups excluding carboxylic acids is 3. The molecule has 0 radical (unpaired) electrons. The van der Waals surface area contributed by atoms with Crippen LogP contribution in [0.2, 0.25) is 0 Å². The van der Waals surface area contributed by atoms with E-state index in [1.54, 1.807) is 64.3 Å². The van der Waals surface area contributed by atoms with Crippen molar-refractivity contribution < 1.29 is 29.0 Å². The van der Waals surface area contributed by atoms with Gasteiger partial charge in [-0.2, -0.15) is 0 Å². The predicted molar refractivity (Wildman–Crippen MR) is 149 cm³/mol. The van der Waals surface area contributed by atoms with E-state index in [0.717, 1.165) is 5.56 Å². The van der Waals surface area contributed by atoms with Crippen molar-refractivity contribution in [2.45, 2.75) is 44.9 Å². The molecule has 39 heavy (non-hydrogen) atoms. The van der Waals surface area contributed by atoms with Crippen LogP contribution in [0.25, 0.3) is 0 Å². The summed E-state index contributed by atoms with van der Waals surface area (Å²) in [6.45, 7) is 5.19. The molecule has 9 heteroatoms. The second kappa shape index (κ2) is 12.8. The number of alkyl carbamates (subject to hydrolysis) is 1. The van der Waals surface area contributed by atoms with E-state index in [-0.39, 0.29) is 12.2 Å². The maximum absolute atomic E-state index is 13.9. The number of ether oxygens (including phenoxy) is 2. The fourth-order valence-electron chi connectivity index (χ4n) is 4.00. The van der Waals surface area contributed by atoms with Crippen molar-refractivity contribution in [1.82, 2.24) is 10.2 Å². The number of hydrogen-bond donors (Lipinski definition) is 3. The summed E-state index contributed by atoms with van der Waals surface area (Å²) in [6.07, 6.45) is -0.572. The third-order valence-corrected chi connectivity index (χ3v) is 5.80. The van der Waals surface area contributed by atoms with Crippen molar-refractivity contribution in [3.8, 4) is 11.5 Å². The van der Waals surface area contributed by atoms with Crippen molar-refractivity contribution in [2.24, 2.45) is 0 Å². The van der Waals surface area contributed by atoms with E-state index in [2.05, 4.69) is 10.6 Å². The average molecular weight is 534 g/mol. The fourth-order valence-corrected chi connectivity index (χ4v) is 4.00. The van der Waals surface area contributed by atoms with Gasteiger partial charge in [0.25, 0.3) is 5.91 Å². The van der Waals surface area contributed by atoms with Gasteiger partial charge in [-0.3, -0.25) is 9.59 Å². The van der Waals surface area contributed by atoms with Gasteiger partial charge in [-0.25, -0.2) is 4.79 Å². The van der Waals surface area contributed by atoms with Crippen molar-refractivity contribution in [3.05, 3.63) is 90.0 Å². The largest absolute Gasteiger partial charge is 0.508 e. The minimum atomic E-state index is -1.12. The van der Waals surface area contributed by atoms with Gasteiger partial charge in [-0.05, 0) is 68.3 Å². The highest BCUT2D eigenvalue weighted by molar-refractivity contribution is 5.99. The Balaban J connectivity index is 1.93. The molecule has 0 spiro atoms. The first-order valence-corrected chi connectivity index (χ1v) is 12.5. The summed E-state index contributed by atoms with van der Waals surface area (Å²) >= 11 is 0. The van der Waals surface area contributed by atoms with Crippen LogP contribution >= 0.6 is 0 Å². The summed E-state index contributed by atoms with van der Waals surface area (Å²) in [5, 5.41) is 15.6. The van der Waals surface area contributed by atoms with Crippen LogP contribution < -0.4 is 15.4 Å². The molecule has 9 nitrogen and oxygen atoms in total. The van der Waals surface area contributed by atoms with Gasteiger partial charge in [0.2, 0.25) is 5.91 Å². The summed E-state index contributed by atoms with van der Waals surface area (Å²) < 4.78 is 10.6. The molecular weight excluding hydrogens is 498 g/mol. The van der Waals surface area contributed by atoms with Gasteiger partial charge in [0.05, 0.1) is 7.11 Å². The molecule has 2 unspecified atom stereocenters. The van der Waals surface area contributed by atoms with Crippen LogP contribution in [0.4, 0.5) is 10.5 Å². The van der Waals surface area contributed by atoms with E-state index in [1.165, 1.54) is 24.1 Å². The Morgan fingerprint density at radius 3 is 2.21 bits per heavy atom. The highest BCUT2D eigenvalue weighted by atomic mass is 16.6. The summed E-state index contributed by atoms with van der Waals surface area (Å²) in [4.78, 5) is 41.4. The van der Waals surface area contributed by atoms with Crippen molar-refractivity contribution in [3.63, 3.8) is 0 Å². The number of phenolic OH excluding ortho intramolecular Hbond substituents is 1. The standard InChI is InChI=1S/C30H35N3O6/c1-30(2,3)39-29(37)32-25(18-20-10-7-6-8-11-20)28(36)33(4)26(21-12-9-13-23(34)19-21)27(35)31-22-14-16-24(38-5)17-15-22/h6-17,19,25-26,34H,18H2,1-5H3,(H,31,35)(H,32,37). The first kappa shape index (κ1) is 29.0. The predicted octanol–water partition coefficient (Wildman–Crippen LogP) is 4.68. The first-order valence-electron chi connectivity index (χ1n) is 12.5. The third kappa shape index (κ3) is 8.49. The number of nitrogens with one attached hydrogen (secondary N) is 2. The van der Waals surface area contributed by atoms with E-state index in [0.29, 0.717) is 17.0 Å². The lowest BCUT2D eigenvalue weighted by molar-refractivity contribution is -0.139. The van der Waals surface area contributed by atoms with Gasteiger partial charge in [-0.1, -0.05) is 42.5 Å². The van der Waals surface area contributed by atoms with E-state index >= 15 is 0 Å². The third-order valence-electron chi connectivity index (χ3n) is 5.80. The number of methoxy groups -OCH3 is 1. The number of benzene rings is 3. The number of aromatic hydroxyl groups is 1. The van der Waals surface area contributed by atoms with Crippen LogP contribution in [-0.4, -0.2) is 53.7 Å². The first-order chi connectivity index (χ1) is 18.5. The number of hydrogen-bond acceptors (Lipinski definition) is 6. The van der Waals surface area contributed by atoms with Crippen molar-refractivity contribution >= 4 is 23.6 Å². The lowest BCUT2D eigenvalue weighted by Crippen LogP contribution is -2.52. The highest BCUT2D eigenvalue weighted by Crippen LogP contribution is 2.26. The van der Waals surface area contributed by atoms with Crippen LogP contribution in [0.5, 0.6) is 11.5 Å². The lowest BCUT2D eigenvalue weighted by Gasteiger charge is -2.31. The van der Waals surface area contributed by atoms with E-state index in [1.807, 2.05) is 30.3 Å². The van der Waals surface area contributed by atoms with E-state index < -0.39 is 35.6 Å².